The number of nitrogens with two attached hydrogens (primary N) is 1. The van der Waals surface area contributed by atoms with Crippen LogP contribution in [0.15, 0.2) is 12.4 Å². The van der Waals surface area contributed by atoms with E-state index in [0.717, 1.165) is 5.56 Å². The Kier molecular flexibility index (Phi) is 2.58. The third-order valence-corrected chi connectivity index (χ3v) is 3.47. The quantitative estimate of drug-likeness (QED) is 0.866. The average molecular weight is 243 g/mol. The van der Waals surface area contributed by atoms with Crippen LogP contribution < -0.4 is 5.73 Å². The maximum atomic E-state index is 13.1. The normalized spacial score (nSPS) is 22.2. The predicted octanol–water partition coefficient (Wildman–Crippen LogP) is 2.26. The van der Waals surface area contributed by atoms with Crippen LogP contribution in [0.25, 0.3) is 0 Å². The molecule has 1 aromatic heterocycles. The van der Waals surface area contributed by atoms with E-state index in [-0.39, 0.29) is 24.9 Å². The van der Waals surface area contributed by atoms with Crippen molar-refractivity contribution in [1.82, 2.24) is 9.78 Å². The van der Waals surface area contributed by atoms with Crippen molar-refractivity contribution >= 4 is 0 Å². The topological polar surface area (TPSA) is 43.8 Å². The number of alkyl halides is 2. The Bertz CT molecular complexity index is 410. The molecule has 2 N–H and O–H groups in total. The Balaban J connectivity index is 2.26. The summed E-state index contributed by atoms with van der Waals surface area (Å²) in [6.07, 6.45) is 3.20. The minimum absolute atomic E-state index is 0.139. The van der Waals surface area contributed by atoms with Crippen LogP contribution in [0.1, 0.15) is 39.2 Å². The summed E-state index contributed by atoms with van der Waals surface area (Å²) in [5, 5.41) is 4.25. The molecule has 5 heteroatoms. The Labute approximate surface area is 100.0 Å². The van der Waals surface area contributed by atoms with Gasteiger partial charge in [0.1, 0.15) is 0 Å². The van der Waals surface area contributed by atoms with Gasteiger partial charge in [-0.25, -0.2) is 8.78 Å². The van der Waals surface area contributed by atoms with Crippen molar-refractivity contribution in [3.63, 3.8) is 0 Å². The third-order valence-electron chi connectivity index (χ3n) is 3.47. The lowest BCUT2D eigenvalue weighted by Crippen LogP contribution is -2.53. The van der Waals surface area contributed by atoms with Crippen LogP contribution in [0, 0.1) is 0 Å². The number of hydrogen-bond donors (Lipinski definition) is 1. The zero-order valence-corrected chi connectivity index (χ0v) is 10.5. The number of aromatic nitrogens is 2. The highest BCUT2D eigenvalue weighted by molar-refractivity contribution is 5.27. The first-order valence-electron chi connectivity index (χ1n) is 5.82. The van der Waals surface area contributed by atoms with Gasteiger partial charge < -0.3 is 5.73 Å². The second kappa shape index (κ2) is 3.51. The zero-order chi connectivity index (χ0) is 12.9. The van der Waals surface area contributed by atoms with Crippen molar-refractivity contribution in [3.8, 4) is 0 Å². The highest BCUT2D eigenvalue weighted by Crippen LogP contribution is 2.52. The first kappa shape index (κ1) is 12.5. The van der Waals surface area contributed by atoms with Crippen molar-refractivity contribution < 1.29 is 8.78 Å². The molecule has 0 atom stereocenters. The van der Waals surface area contributed by atoms with E-state index in [1.807, 2.05) is 27.0 Å². The molecule has 1 aliphatic carbocycles. The summed E-state index contributed by atoms with van der Waals surface area (Å²) in [6, 6.07) is 0. The molecule has 17 heavy (non-hydrogen) atoms. The monoisotopic (exact) mass is 243 g/mol. The average Bonchev–Trinajstić information content (AvgIpc) is 2.61. The first-order chi connectivity index (χ1) is 7.69. The number of hydrogen-bond acceptors (Lipinski definition) is 2. The van der Waals surface area contributed by atoms with Gasteiger partial charge in [-0.15, -0.1) is 0 Å². The van der Waals surface area contributed by atoms with E-state index in [1.54, 1.807) is 10.9 Å². The molecule has 0 amide bonds. The number of rotatable bonds is 2. The van der Waals surface area contributed by atoms with E-state index in [4.69, 9.17) is 5.73 Å². The van der Waals surface area contributed by atoms with Crippen molar-refractivity contribution in [3.05, 3.63) is 18.0 Å². The minimum Gasteiger partial charge on any atom is -0.330 e. The Morgan fingerprint density at radius 1 is 1.41 bits per heavy atom. The minimum atomic E-state index is -2.57. The summed E-state index contributed by atoms with van der Waals surface area (Å²) in [5.74, 6) is -2.57. The standard InChI is InChI=1S/C12H19F2N3/c1-10(2,3)17-5-9(4-16-17)11(8-15)6-12(13,14)7-11/h4-5H,6-8,15H2,1-3H3. The van der Waals surface area contributed by atoms with Crippen molar-refractivity contribution in [2.45, 2.75) is 50.5 Å². The summed E-state index contributed by atoms with van der Waals surface area (Å²) in [5.41, 5.74) is 5.79. The molecule has 0 radical (unpaired) electrons. The molecule has 0 saturated heterocycles. The predicted molar refractivity (Wildman–Crippen MR) is 62.1 cm³/mol. The molecule has 2 rings (SSSR count). The molecule has 1 aliphatic rings. The van der Waals surface area contributed by atoms with E-state index < -0.39 is 11.3 Å². The van der Waals surface area contributed by atoms with Gasteiger partial charge in [-0.1, -0.05) is 0 Å². The van der Waals surface area contributed by atoms with Gasteiger partial charge in [0, 0.05) is 31.0 Å². The van der Waals surface area contributed by atoms with Crippen molar-refractivity contribution in [2.24, 2.45) is 5.73 Å². The lowest BCUT2D eigenvalue weighted by atomic mass is 9.63. The summed E-state index contributed by atoms with van der Waals surface area (Å²) in [7, 11) is 0. The van der Waals surface area contributed by atoms with Crippen LogP contribution in [0.4, 0.5) is 8.78 Å². The molecule has 1 heterocycles. The van der Waals surface area contributed by atoms with Crippen LogP contribution >= 0.6 is 0 Å². The van der Waals surface area contributed by atoms with Gasteiger partial charge in [0.15, 0.2) is 0 Å². The van der Waals surface area contributed by atoms with Crippen LogP contribution in [-0.2, 0) is 11.0 Å². The van der Waals surface area contributed by atoms with E-state index in [9.17, 15) is 8.78 Å². The van der Waals surface area contributed by atoms with Crippen molar-refractivity contribution in [2.75, 3.05) is 6.54 Å². The van der Waals surface area contributed by atoms with Gasteiger partial charge >= 0.3 is 0 Å². The van der Waals surface area contributed by atoms with Gasteiger partial charge in [-0.3, -0.25) is 4.68 Å². The Morgan fingerprint density at radius 3 is 2.35 bits per heavy atom. The van der Waals surface area contributed by atoms with E-state index in [2.05, 4.69) is 5.10 Å². The number of halogens is 2. The molecule has 1 aromatic rings. The van der Waals surface area contributed by atoms with Gasteiger partial charge in [0.25, 0.3) is 0 Å². The molecule has 1 fully saturated rings. The van der Waals surface area contributed by atoms with Crippen molar-refractivity contribution in [1.29, 1.82) is 0 Å². The van der Waals surface area contributed by atoms with Gasteiger partial charge in [0.05, 0.1) is 11.7 Å². The molecule has 3 nitrogen and oxygen atoms in total. The van der Waals surface area contributed by atoms with Crippen LogP contribution in [0.2, 0.25) is 0 Å². The maximum absolute atomic E-state index is 13.1. The second-order valence-corrected chi connectivity index (χ2v) is 6.04. The fourth-order valence-corrected chi connectivity index (χ4v) is 2.37. The molecule has 0 bridgehead atoms. The molecule has 0 aliphatic heterocycles. The lowest BCUT2D eigenvalue weighted by Gasteiger charge is -2.46. The van der Waals surface area contributed by atoms with E-state index in [1.165, 1.54) is 0 Å². The molecular formula is C12H19F2N3. The van der Waals surface area contributed by atoms with E-state index >= 15 is 0 Å². The van der Waals surface area contributed by atoms with Gasteiger partial charge in [-0.05, 0) is 26.3 Å². The SMILES string of the molecule is CC(C)(C)n1cc(C2(CN)CC(F)(F)C2)cn1. The smallest absolute Gasteiger partial charge is 0.250 e. The van der Waals surface area contributed by atoms with Crippen LogP contribution in [-0.4, -0.2) is 22.2 Å². The molecule has 1 saturated carbocycles. The number of nitrogens with zero attached hydrogens (tertiary/aromatic N) is 2. The lowest BCUT2D eigenvalue weighted by molar-refractivity contribution is -0.123. The summed E-state index contributed by atoms with van der Waals surface area (Å²) >= 11 is 0. The summed E-state index contributed by atoms with van der Waals surface area (Å²) in [4.78, 5) is 0. The highest BCUT2D eigenvalue weighted by atomic mass is 19.3. The summed E-state index contributed by atoms with van der Waals surface area (Å²) < 4.78 is 27.9. The molecule has 0 unspecified atom stereocenters. The summed E-state index contributed by atoms with van der Waals surface area (Å²) in [6.45, 7) is 6.31. The van der Waals surface area contributed by atoms with Crippen LogP contribution in [0.5, 0.6) is 0 Å². The van der Waals surface area contributed by atoms with Crippen LogP contribution in [0.3, 0.4) is 0 Å². The Hall–Kier alpha value is -0.970. The fraction of sp³-hybridized carbons (Fsp3) is 0.750. The van der Waals surface area contributed by atoms with Gasteiger partial charge in [-0.2, -0.15) is 5.10 Å². The molecular weight excluding hydrogens is 224 g/mol. The molecule has 0 aromatic carbocycles. The highest BCUT2D eigenvalue weighted by Gasteiger charge is 2.57. The molecule has 96 valence electrons. The first-order valence-corrected chi connectivity index (χ1v) is 5.82. The maximum Gasteiger partial charge on any atom is 0.250 e. The molecule has 0 spiro atoms. The zero-order valence-electron chi connectivity index (χ0n) is 10.5. The van der Waals surface area contributed by atoms with E-state index in [0.29, 0.717) is 0 Å². The third kappa shape index (κ3) is 2.08. The Morgan fingerprint density at radius 2 is 2.00 bits per heavy atom. The van der Waals surface area contributed by atoms with Gasteiger partial charge in [0.2, 0.25) is 5.92 Å². The second-order valence-electron chi connectivity index (χ2n) is 6.04. The fourth-order valence-electron chi connectivity index (χ4n) is 2.37. The largest absolute Gasteiger partial charge is 0.330 e.